The number of carbonyl (C=O) groups is 2. The molecule has 100 valence electrons. The van der Waals surface area contributed by atoms with Gasteiger partial charge in [0.1, 0.15) is 0 Å². The van der Waals surface area contributed by atoms with Crippen molar-refractivity contribution in [3.05, 3.63) is 0 Å². The first-order chi connectivity index (χ1) is 8.10. The van der Waals surface area contributed by atoms with Crippen LogP contribution in [0, 0.1) is 0 Å². The molecule has 0 bridgehead atoms. The monoisotopic (exact) mass is 244 g/mol. The molecule has 0 rings (SSSR count). The molecule has 0 saturated heterocycles. The number of rotatable bonds is 9. The standard InChI is InChI=1S/C13H24O4/c1-4-6-10-16-12(14)8-9-13(15)17-11(3)7-5-2/h11H,4-10H2,1-3H3. The number of hydrogen-bond acceptors (Lipinski definition) is 4. The molecular formula is C13H24O4. The number of esters is 2. The molecule has 0 radical (unpaired) electrons. The fraction of sp³-hybridized carbons (Fsp3) is 0.846. The van der Waals surface area contributed by atoms with Crippen LogP contribution in [0.3, 0.4) is 0 Å². The van der Waals surface area contributed by atoms with Gasteiger partial charge in [-0.25, -0.2) is 0 Å². The van der Waals surface area contributed by atoms with Gasteiger partial charge in [-0.1, -0.05) is 26.7 Å². The van der Waals surface area contributed by atoms with E-state index in [4.69, 9.17) is 9.47 Å². The second-order valence-electron chi connectivity index (χ2n) is 4.16. The zero-order chi connectivity index (χ0) is 13.1. The summed E-state index contributed by atoms with van der Waals surface area (Å²) in [7, 11) is 0. The predicted octanol–water partition coefficient (Wildman–Crippen LogP) is 2.84. The predicted molar refractivity (Wildman–Crippen MR) is 65.6 cm³/mol. The number of carbonyl (C=O) groups excluding carboxylic acids is 2. The molecule has 0 aromatic rings. The molecule has 0 spiro atoms. The third-order valence-corrected chi connectivity index (χ3v) is 2.32. The van der Waals surface area contributed by atoms with Gasteiger partial charge in [0.2, 0.25) is 0 Å². The van der Waals surface area contributed by atoms with Crippen molar-refractivity contribution in [2.75, 3.05) is 6.61 Å². The van der Waals surface area contributed by atoms with Crippen LogP contribution in [0.2, 0.25) is 0 Å². The highest BCUT2D eigenvalue weighted by Crippen LogP contribution is 2.04. The van der Waals surface area contributed by atoms with Crippen molar-refractivity contribution in [3.63, 3.8) is 0 Å². The van der Waals surface area contributed by atoms with Crippen LogP contribution in [-0.2, 0) is 19.1 Å². The van der Waals surface area contributed by atoms with Gasteiger partial charge < -0.3 is 9.47 Å². The first-order valence-electron chi connectivity index (χ1n) is 6.45. The Bertz CT molecular complexity index is 225. The largest absolute Gasteiger partial charge is 0.466 e. The van der Waals surface area contributed by atoms with Crippen molar-refractivity contribution < 1.29 is 19.1 Å². The molecule has 0 amide bonds. The van der Waals surface area contributed by atoms with E-state index in [2.05, 4.69) is 0 Å². The maximum absolute atomic E-state index is 11.3. The van der Waals surface area contributed by atoms with Gasteiger partial charge in [-0.2, -0.15) is 0 Å². The van der Waals surface area contributed by atoms with Crippen molar-refractivity contribution >= 4 is 11.9 Å². The minimum atomic E-state index is -0.321. The van der Waals surface area contributed by atoms with E-state index < -0.39 is 0 Å². The molecule has 0 N–H and O–H groups in total. The minimum absolute atomic E-state index is 0.0661. The highest BCUT2D eigenvalue weighted by Gasteiger charge is 2.11. The van der Waals surface area contributed by atoms with Gasteiger partial charge in [0.25, 0.3) is 0 Å². The lowest BCUT2D eigenvalue weighted by molar-refractivity contribution is -0.153. The maximum atomic E-state index is 11.3. The SMILES string of the molecule is CCCCOC(=O)CCC(=O)OC(C)CCC. The lowest BCUT2D eigenvalue weighted by Gasteiger charge is -2.11. The third kappa shape index (κ3) is 9.85. The Balaban J connectivity index is 3.58. The van der Waals surface area contributed by atoms with Gasteiger partial charge in [0.05, 0.1) is 25.6 Å². The number of hydrogen-bond donors (Lipinski definition) is 0. The molecule has 0 aromatic heterocycles. The van der Waals surface area contributed by atoms with Crippen LogP contribution in [0.5, 0.6) is 0 Å². The lowest BCUT2D eigenvalue weighted by Crippen LogP contribution is -2.16. The van der Waals surface area contributed by atoms with E-state index in [0.717, 1.165) is 25.7 Å². The highest BCUT2D eigenvalue weighted by molar-refractivity contribution is 5.77. The van der Waals surface area contributed by atoms with Gasteiger partial charge >= 0.3 is 11.9 Å². The maximum Gasteiger partial charge on any atom is 0.306 e. The number of unbranched alkanes of at least 4 members (excludes halogenated alkanes) is 1. The molecule has 1 atom stereocenters. The summed E-state index contributed by atoms with van der Waals surface area (Å²) in [6.07, 6.45) is 3.84. The van der Waals surface area contributed by atoms with Gasteiger partial charge in [0.15, 0.2) is 0 Å². The average molecular weight is 244 g/mol. The Morgan fingerprint density at radius 1 is 1.06 bits per heavy atom. The molecule has 0 aliphatic carbocycles. The van der Waals surface area contributed by atoms with Crippen LogP contribution >= 0.6 is 0 Å². The highest BCUT2D eigenvalue weighted by atomic mass is 16.5. The summed E-state index contributed by atoms with van der Waals surface area (Å²) in [6.45, 7) is 6.37. The molecule has 0 fully saturated rings. The summed E-state index contributed by atoms with van der Waals surface area (Å²) in [5.41, 5.74) is 0. The minimum Gasteiger partial charge on any atom is -0.466 e. The van der Waals surface area contributed by atoms with Crippen molar-refractivity contribution in [1.82, 2.24) is 0 Å². The van der Waals surface area contributed by atoms with Crippen molar-refractivity contribution in [3.8, 4) is 0 Å². The Hall–Kier alpha value is -1.06. The van der Waals surface area contributed by atoms with Crippen molar-refractivity contribution in [2.45, 2.75) is 65.4 Å². The van der Waals surface area contributed by atoms with Gasteiger partial charge in [-0.3, -0.25) is 9.59 Å². The third-order valence-electron chi connectivity index (χ3n) is 2.32. The molecular weight excluding hydrogens is 220 g/mol. The fourth-order valence-electron chi connectivity index (χ4n) is 1.36. The van der Waals surface area contributed by atoms with Crippen LogP contribution < -0.4 is 0 Å². The Labute approximate surface area is 104 Å². The second-order valence-corrected chi connectivity index (χ2v) is 4.16. The zero-order valence-electron chi connectivity index (χ0n) is 11.2. The van der Waals surface area contributed by atoms with E-state index in [1.165, 1.54) is 0 Å². The molecule has 1 unspecified atom stereocenters. The Morgan fingerprint density at radius 2 is 1.71 bits per heavy atom. The first kappa shape index (κ1) is 15.9. The Kier molecular flexibility index (Phi) is 9.49. The van der Waals surface area contributed by atoms with E-state index in [-0.39, 0.29) is 30.9 Å². The normalized spacial score (nSPS) is 11.9. The average Bonchev–Trinajstić information content (AvgIpc) is 2.27. The summed E-state index contributed by atoms with van der Waals surface area (Å²) < 4.78 is 10.1. The van der Waals surface area contributed by atoms with Crippen LogP contribution in [0.1, 0.15) is 59.3 Å². The van der Waals surface area contributed by atoms with Crippen molar-refractivity contribution in [2.24, 2.45) is 0 Å². The molecule has 0 aromatic carbocycles. The summed E-state index contributed by atoms with van der Waals surface area (Å²) in [5, 5.41) is 0. The van der Waals surface area contributed by atoms with Gasteiger partial charge in [-0.05, 0) is 19.8 Å². The van der Waals surface area contributed by atoms with E-state index in [0.29, 0.717) is 6.61 Å². The summed E-state index contributed by atoms with van der Waals surface area (Å²) in [4.78, 5) is 22.5. The van der Waals surface area contributed by atoms with Crippen LogP contribution in [0.25, 0.3) is 0 Å². The van der Waals surface area contributed by atoms with E-state index in [1.807, 2.05) is 20.8 Å². The molecule has 4 heteroatoms. The molecule has 0 saturated carbocycles. The fourth-order valence-corrected chi connectivity index (χ4v) is 1.36. The van der Waals surface area contributed by atoms with Crippen molar-refractivity contribution in [1.29, 1.82) is 0 Å². The molecule has 17 heavy (non-hydrogen) atoms. The van der Waals surface area contributed by atoms with E-state index in [9.17, 15) is 9.59 Å². The summed E-state index contributed by atoms with van der Waals surface area (Å²) in [5.74, 6) is -0.642. The zero-order valence-corrected chi connectivity index (χ0v) is 11.2. The second kappa shape index (κ2) is 10.1. The van der Waals surface area contributed by atoms with Crippen LogP contribution in [0.4, 0.5) is 0 Å². The quantitative estimate of drug-likeness (QED) is 0.462. The summed E-state index contributed by atoms with van der Waals surface area (Å²) >= 11 is 0. The summed E-state index contributed by atoms with van der Waals surface area (Å²) in [6, 6.07) is 0. The first-order valence-corrected chi connectivity index (χ1v) is 6.45. The molecule has 0 aliphatic heterocycles. The number of ether oxygens (including phenoxy) is 2. The topological polar surface area (TPSA) is 52.6 Å². The lowest BCUT2D eigenvalue weighted by atomic mass is 10.2. The Morgan fingerprint density at radius 3 is 2.29 bits per heavy atom. The smallest absolute Gasteiger partial charge is 0.306 e. The molecule has 4 nitrogen and oxygen atoms in total. The van der Waals surface area contributed by atoms with Gasteiger partial charge in [-0.15, -0.1) is 0 Å². The van der Waals surface area contributed by atoms with Gasteiger partial charge in [0, 0.05) is 0 Å². The molecule has 0 heterocycles. The van der Waals surface area contributed by atoms with Crippen LogP contribution in [-0.4, -0.2) is 24.6 Å². The van der Waals surface area contributed by atoms with Crippen LogP contribution in [0.15, 0.2) is 0 Å². The van der Waals surface area contributed by atoms with E-state index >= 15 is 0 Å². The molecule has 0 aliphatic rings. The van der Waals surface area contributed by atoms with E-state index in [1.54, 1.807) is 0 Å².